The van der Waals surface area contributed by atoms with Crippen LogP contribution in [0, 0.1) is 6.92 Å². The molecule has 0 bridgehead atoms. The van der Waals surface area contributed by atoms with E-state index in [4.69, 9.17) is 4.74 Å². The van der Waals surface area contributed by atoms with E-state index >= 15 is 0 Å². The van der Waals surface area contributed by atoms with Gasteiger partial charge in [0.15, 0.2) is 5.75 Å². The molecule has 15 heavy (non-hydrogen) atoms. The monoisotopic (exact) mass is 206 g/mol. The molecule has 0 aliphatic heterocycles. The van der Waals surface area contributed by atoms with E-state index in [0.717, 1.165) is 23.7 Å². The van der Waals surface area contributed by atoms with Crippen molar-refractivity contribution in [3.8, 4) is 5.75 Å². The van der Waals surface area contributed by atoms with E-state index in [9.17, 15) is 0 Å². The van der Waals surface area contributed by atoms with Crippen molar-refractivity contribution in [2.45, 2.75) is 20.8 Å². The lowest BCUT2D eigenvalue weighted by molar-refractivity contribution is 0.414. The third-order valence-electron chi connectivity index (χ3n) is 2.03. The minimum Gasteiger partial charge on any atom is -0.493 e. The Morgan fingerprint density at radius 2 is 2.27 bits per heavy atom. The third-order valence-corrected chi connectivity index (χ3v) is 2.03. The average Bonchev–Trinajstić information content (AvgIpc) is 2.17. The number of rotatable bonds is 4. The van der Waals surface area contributed by atoms with Crippen molar-refractivity contribution in [2.75, 3.05) is 19.0 Å². The van der Waals surface area contributed by atoms with Crippen molar-refractivity contribution in [2.24, 2.45) is 0 Å². The zero-order valence-electron chi connectivity index (χ0n) is 9.79. The van der Waals surface area contributed by atoms with Crippen LogP contribution < -0.4 is 10.1 Å². The first-order valence-electron chi connectivity index (χ1n) is 5.01. The van der Waals surface area contributed by atoms with Gasteiger partial charge < -0.3 is 10.1 Å². The van der Waals surface area contributed by atoms with Gasteiger partial charge in [-0.3, -0.25) is 4.98 Å². The van der Waals surface area contributed by atoms with Crippen LogP contribution in [0.2, 0.25) is 0 Å². The predicted octanol–water partition coefficient (Wildman–Crippen LogP) is 2.78. The predicted molar refractivity (Wildman–Crippen MR) is 63.4 cm³/mol. The molecule has 1 rings (SSSR count). The van der Waals surface area contributed by atoms with Gasteiger partial charge in [-0.05, 0) is 26.8 Å². The quantitative estimate of drug-likeness (QED) is 0.769. The van der Waals surface area contributed by atoms with E-state index in [0.29, 0.717) is 0 Å². The molecule has 0 aliphatic rings. The Hall–Kier alpha value is -1.51. The summed E-state index contributed by atoms with van der Waals surface area (Å²) in [6, 6.07) is 1.98. The molecule has 0 fully saturated rings. The Bertz CT molecular complexity index is 355. The number of allylic oxidation sites excluding steroid dienone is 1. The van der Waals surface area contributed by atoms with Gasteiger partial charge in [0.1, 0.15) is 0 Å². The fraction of sp³-hybridized carbons (Fsp3) is 0.417. The highest BCUT2D eigenvalue weighted by Crippen LogP contribution is 2.23. The maximum absolute atomic E-state index is 5.21. The number of aromatic nitrogens is 1. The largest absolute Gasteiger partial charge is 0.493 e. The number of pyridine rings is 1. The summed E-state index contributed by atoms with van der Waals surface area (Å²) in [6.07, 6.45) is 3.87. The molecule has 0 aliphatic carbocycles. The van der Waals surface area contributed by atoms with E-state index < -0.39 is 0 Å². The van der Waals surface area contributed by atoms with E-state index in [1.54, 1.807) is 13.3 Å². The molecule has 0 aromatic carbocycles. The average molecular weight is 206 g/mol. The van der Waals surface area contributed by atoms with Crippen molar-refractivity contribution in [3.05, 3.63) is 29.6 Å². The SMILES string of the molecule is COc1cnc(C)cc1NCC=C(C)C. The van der Waals surface area contributed by atoms with Crippen LogP contribution in [0.15, 0.2) is 23.9 Å². The number of anilines is 1. The number of hydrogen-bond donors (Lipinski definition) is 1. The number of ether oxygens (including phenoxy) is 1. The van der Waals surface area contributed by atoms with Gasteiger partial charge >= 0.3 is 0 Å². The Morgan fingerprint density at radius 3 is 2.87 bits per heavy atom. The molecule has 0 amide bonds. The molecule has 1 aromatic rings. The van der Waals surface area contributed by atoms with Crippen LogP contribution in [-0.2, 0) is 0 Å². The molecule has 0 saturated carbocycles. The van der Waals surface area contributed by atoms with Gasteiger partial charge in [-0.2, -0.15) is 0 Å². The molecule has 82 valence electrons. The lowest BCUT2D eigenvalue weighted by atomic mass is 10.3. The molecule has 0 unspecified atom stereocenters. The molecule has 0 saturated heterocycles. The van der Waals surface area contributed by atoms with Crippen LogP contribution in [0.4, 0.5) is 5.69 Å². The summed E-state index contributed by atoms with van der Waals surface area (Å²) in [6.45, 7) is 6.93. The second-order valence-corrected chi connectivity index (χ2v) is 3.69. The van der Waals surface area contributed by atoms with Gasteiger partial charge in [0.25, 0.3) is 0 Å². The number of hydrogen-bond acceptors (Lipinski definition) is 3. The minimum absolute atomic E-state index is 0.780. The highest BCUT2D eigenvalue weighted by molar-refractivity contribution is 5.56. The van der Waals surface area contributed by atoms with Gasteiger partial charge in [-0.1, -0.05) is 11.6 Å². The molecule has 0 radical (unpaired) electrons. The molecule has 3 heteroatoms. The summed E-state index contributed by atoms with van der Waals surface area (Å²) >= 11 is 0. The van der Waals surface area contributed by atoms with E-state index in [-0.39, 0.29) is 0 Å². The van der Waals surface area contributed by atoms with Crippen LogP contribution in [0.1, 0.15) is 19.5 Å². The first-order valence-corrected chi connectivity index (χ1v) is 5.01. The molecule has 0 spiro atoms. The lowest BCUT2D eigenvalue weighted by Gasteiger charge is -2.09. The van der Waals surface area contributed by atoms with Gasteiger partial charge in [0, 0.05) is 12.2 Å². The summed E-state index contributed by atoms with van der Waals surface area (Å²) in [5.74, 6) is 0.780. The maximum atomic E-state index is 5.21. The zero-order chi connectivity index (χ0) is 11.3. The topological polar surface area (TPSA) is 34.1 Å². The molecule has 0 atom stereocenters. The Morgan fingerprint density at radius 1 is 1.53 bits per heavy atom. The smallest absolute Gasteiger partial charge is 0.160 e. The summed E-state index contributed by atoms with van der Waals surface area (Å²) in [5.41, 5.74) is 3.27. The molecular formula is C12H18N2O. The molecule has 3 nitrogen and oxygen atoms in total. The first kappa shape index (κ1) is 11.6. The van der Waals surface area contributed by atoms with Crippen molar-refractivity contribution in [1.29, 1.82) is 0 Å². The number of nitrogens with zero attached hydrogens (tertiary/aromatic N) is 1. The Balaban J connectivity index is 2.74. The summed E-state index contributed by atoms with van der Waals surface area (Å²) in [4.78, 5) is 4.17. The molecule has 1 aromatic heterocycles. The van der Waals surface area contributed by atoms with Crippen molar-refractivity contribution in [1.82, 2.24) is 4.98 Å². The zero-order valence-corrected chi connectivity index (χ0v) is 9.79. The second kappa shape index (κ2) is 5.39. The number of nitrogens with one attached hydrogen (secondary N) is 1. The van der Waals surface area contributed by atoms with E-state index in [1.807, 2.05) is 13.0 Å². The highest BCUT2D eigenvalue weighted by atomic mass is 16.5. The fourth-order valence-corrected chi connectivity index (χ4v) is 1.21. The maximum Gasteiger partial charge on any atom is 0.160 e. The Kier molecular flexibility index (Phi) is 4.16. The van der Waals surface area contributed by atoms with Crippen LogP contribution in [-0.4, -0.2) is 18.6 Å². The third kappa shape index (κ3) is 3.62. The number of aryl methyl sites for hydroxylation is 1. The van der Waals surface area contributed by atoms with Crippen LogP contribution in [0.25, 0.3) is 0 Å². The van der Waals surface area contributed by atoms with Gasteiger partial charge in [-0.25, -0.2) is 0 Å². The van der Waals surface area contributed by atoms with Crippen molar-refractivity contribution < 1.29 is 4.74 Å². The van der Waals surface area contributed by atoms with Crippen LogP contribution in [0.3, 0.4) is 0 Å². The number of methoxy groups -OCH3 is 1. The van der Waals surface area contributed by atoms with E-state index in [2.05, 4.69) is 30.2 Å². The summed E-state index contributed by atoms with van der Waals surface area (Å²) in [5, 5.41) is 3.29. The first-order chi connectivity index (χ1) is 7.13. The Labute approximate surface area is 91.2 Å². The fourth-order valence-electron chi connectivity index (χ4n) is 1.21. The minimum atomic E-state index is 0.780. The van der Waals surface area contributed by atoms with Crippen LogP contribution >= 0.6 is 0 Å². The second-order valence-electron chi connectivity index (χ2n) is 3.69. The van der Waals surface area contributed by atoms with Crippen LogP contribution in [0.5, 0.6) is 5.75 Å². The van der Waals surface area contributed by atoms with Crippen molar-refractivity contribution >= 4 is 5.69 Å². The molecule has 1 N–H and O–H groups in total. The van der Waals surface area contributed by atoms with Gasteiger partial charge in [-0.15, -0.1) is 0 Å². The molecular weight excluding hydrogens is 188 g/mol. The molecule has 1 heterocycles. The summed E-state index contributed by atoms with van der Waals surface area (Å²) < 4.78 is 5.21. The normalized spacial score (nSPS) is 9.60. The lowest BCUT2D eigenvalue weighted by Crippen LogP contribution is -2.02. The summed E-state index contributed by atoms with van der Waals surface area (Å²) in [7, 11) is 1.65. The standard InChI is InChI=1S/C12H18N2O/c1-9(2)5-6-13-11-7-10(3)14-8-12(11)15-4/h5,7-8H,6H2,1-4H3,(H,13,14). The van der Waals surface area contributed by atoms with E-state index in [1.165, 1.54) is 5.57 Å². The van der Waals surface area contributed by atoms with Gasteiger partial charge in [0.05, 0.1) is 19.0 Å². The van der Waals surface area contributed by atoms with Crippen molar-refractivity contribution in [3.63, 3.8) is 0 Å². The van der Waals surface area contributed by atoms with Gasteiger partial charge in [0.2, 0.25) is 0 Å². The highest BCUT2D eigenvalue weighted by Gasteiger charge is 2.01.